The quantitative estimate of drug-likeness (QED) is 0.908. The van der Waals surface area contributed by atoms with E-state index >= 15 is 0 Å². The molecule has 0 aliphatic heterocycles. The molecular weight excluding hydrogens is 276 g/mol. The number of carbonyl (C=O) groups excluding carboxylic acids is 1. The Morgan fingerprint density at radius 3 is 3.09 bits per heavy atom. The van der Waals surface area contributed by atoms with Crippen LogP contribution in [0.3, 0.4) is 0 Å². The SMILES string of the molecule is C[C@H]1CCC[C@@H](CCNC(=O)Nn2cnc3ccccc32)C1. The second-order valence-corrected chi connectivity index (χ2v) is 6.40. The fourth-order valence-corrected chi connectivity index (χ4v) is 3.41. The fourth-order valence-electron chi connectivity index (χ4n) is 3.41. The van der Waals surface area contributed by atoms with Crippen molar-refractivity contribution >= 4 is 17.1 Å². The van der Waals surface area contributed by atoms with Gasteiger partial charge in [-0.05, 0) is 36.8 Å². The zero-order chi connectivity index (χ0) is 15.4. The van der Waals surface area contributed by atoms with Gasteiger partial charge in [0.25, 0.3) is 0 Å². The van der Waals surface area contributed by atoms with Crippen molar-refractivity contribution < 1.29 is 4.79 Å². The second kappa shape index (κ2) is 6.81. The standard InChI is InChI=1S/C17H24N4O/c1-13-5-4-6-14(11-13)9-10-18-17(22)20-21-12-19-15-7-2-3-8-16(15)21/h2-3,7-8,12-14H,4-6,9-11H2,1H3,(H2,18,20,22)/t13-,14-/m0/s1. The molecule has 2 aromatic rings. The van der Waals surface area contributed by atoms with Crippen LogP contribution in [0.2, 0.25) is 0 Å². The number of hydrogen-bond acceptors (Lipinski definition) is 2. The maximum atomic E-state index is 12.0. The van der Waals surface area contributed by atoms with Gasteiger partial charge in [0.2, 0.25) is 0 Å². The lowest BCUT2D eigenvalue weighted by atomic mass is 9.81. The molecule has 1 aliphatic rings. The molecule has 1 heterocycles. The average molecular weight is 300 g/mol. The minimum atomic E-state index is -0.174. The molecule has 1 saturated carbocycles. The summed E-state index contributed by atoms with van der Waals surface area (Å²) in [4.78, 5) is 16.2. The number of carbonyl (C=O) groups is 1. The Bertz CT molecular complexity index is 636. The highest BCUT2D eigenvalue weighted by Gasteiger charge is 2.18. The predicted octanol–water partition coefficient (Wildman–Crippen LogP) is 3.51. The smallest absolute Gasteiger partial charge is 0.333 e. The van der Waals surface area contributed by atoms with Crippen LogP contribution >= 0.6 is 0 Å². The predicted molar refractivity (Wildman–Crippen MR) is 88.2 cm³/mol. The van der Waals surface area contributed by atoms with Crippen LogP contribution in [0.25, 0.3) is 11.0 Å². The Morgan fingerprint density at radius 1 is 1.36 bits per heavy atom. The average Bonchev–Trinajstić information content (AvgIpc) is 2.91. The molecule has 1 aromatic heterocycles. The molecule has 3 rings (SSSR count). The van der Waals surface area contributed by atoms with Crippen molar-refractivity contribution in [1.29, 1.82) is 0 Å². The van der Waals surface area contributed by atoms with Gasteiger partial charge < -0.3 is 5.32 Å². The molecule has 22 heavy (non-hydrogen) atoms. The number of fused-ring (bicyclic) bond motifs is 1. The lowest BCUT2D eigenvalue weighted by Crippen LogP contribution is -2.35. The Balaban J connectivity index is 1.46. The second-order valence-electron chi connectivity index (χ2n) is 6.40. The van der Waals surface area contributed by atoms with Crippen LogP contribution in [-0.4, -0.2) is 22.2 Å². The summed E-state index contributed by atoms with van der Waals surface area (Å²) in [5.41, 5.74) is 4.59. The Kier molecular flexibility index (Phi) is 4.61. The number of hydrogen-bond donors (Lipinski definition) is 2. The zero-order valence-corrected chi connectivity index (χ0v) is 13.1. The van der Waals surface area contributed by atoms with Crippen molar-refractivity contribution in [3.05, 3.63) is 30.6 Å². The third-order valence-electron chi connectivity index (χ3n) is 4.56. The van der Waals surface area contributed by atoms with E-state index in [9.17, 15) is 4.79 Å². The van der Waals surface area contributed by atoms with Crippen LogP contribution in [0, 0.1) is 11.8 Å². The molecule has 0 saturated heterocycles. The molecule has 2 amide bonds. The van der Waals surface area contributed by atoms with Gasteiger partial charge >= 0.3 is 6.03 Å². The number of urea groups is 1. The van der Waals surface area contributed by atoms with Crippen molar-refractivity contribution in [1.82, 2.24) is 15.0 Å². The zero-order valence-electron chi connectivity index (χ0n) is 13.1. The molecule has 1 aliphatic carbocycles. The Morgan fingerprint density at radius 2 is 2.23 bits per heavy atom. The molecule has 2 atom stereocenters. The monoisotopic (exact) mass is 300 g/mol. The van der Waals surface area contributed by atoms with Crippen LogP contribution < -0.4 is 10.7 Å². The van der Waals surface area contributed by atoms with Gasteiger partial charge in [0.15, 0.2) is 0 Å². The summed E-state index contributed by atoms with van der Waals surface area (Å²) in [6.45, 7) is 3.06. The summed E-state index contributed by atoms with van der Waals surface area (Å²) in [6, 6.07) is 7.56. The normalized spacial score (nSPS) is 21.7. The van der Waals surface area contributed by atoms with Crippen molar-refractivity contribution in [2.75, 3.05) is 12.0 Å². The first-order chi connectivity index (χ1) is 10.7. The number of nitrogens with zero attached hydrogens (tertiary/aromatic N) is 2. The number of rotatable bonds is 4. The van der Waals surface area contributed by atoms with E-state index in [2.05, 4.69) is 22.7 Å². The van der Waals surface area contributed by atoms with Gasteiger partial charge in [0, 0.05) is 6.54 Å². The third kappa shape index (κ3) is 3.59. The summed E-state index contributed by atoms with van der Waals surface area (Å²) >= 11 is 0. The molecule has 0 radical (unpaired) electrons. The molecule has 118 valence electrons. The number of benzene rings is 1. The van der Waals surface area contributed by atoms with Gasteiger partial charge in [0.1, 0.15) is 6.33 Å². The molecular formula is C17H24N4O. The van der Waals surface area contributed by atoms with Gasteiger partial charge in [-0.15, -0.1) is 0 Å². The largest absolute Gasteiger partial charge is 0.337 e. The van der Waals surface area contributed by atoms with Crippen LogP contribution in [0.15, 0.2) is 30.6 Å². The van der Waals surface area contributed by atoms with E-state index in [-0.39, 0.29) is 6.03 Å². The summed E-state index contributed by atoms with van der Waals surface area (Å²) in [5.74, 6) is 1.60. The number of amides is 2. The van der Waals surface area contributed by atoms with Crippen LogP contribution in [-0.2, 0) is 0 Å². The summed E-state index contributed by atoms with van der Waals surface area (Å²) in [5, 5.41) is 2.95. The van der Waals surface area contributed by atoms with E-state index in [0.29, 0.717) is 0 Å². The first kappa shape index (κ1) is 14.9. The third-order valence-corrected chi connectivity index (χ3v) is 4.56. The lowest BCUT2D eigenvalue weighted by Gasteiger charge is -2.26. The number of nitrogens with one attached hydrogen (secondary N) is 2. The van der Waals surface area contributed by atoms with Gasteiger partial charge in [-0.3, -0.25) is 0 Å². The first-order valence-electron chi connectivity index (χ1n) is 8.19. The topological polar surface area (TPSA) is 59.0 Å². The van der Waals surface area contributed by atoms with Crippen molar-refractivity contribution in [2.24, 2.45) is 11.8 Å². The molecule has 5 nitrogen and oxygen atoms in total. The lowest BCUT2D eigenvalue weighted by molar-refractivity contribution is 0.243. The summed E-state index contributed by atoms with van der Waals surface area (Å²) in [6.07, 6.45) is 8.00. The molecule has 0 unspecified atom stereocenters. The van der Waals surface area contributed by atoms with E-state index in [0.717, 1.165) is 35.8 Å². The summed E-state index contributed by atoms with van der Waals surface area (Å²) in [7, 11) is 0. The van der Waals surface area contributed by atoms with Gasteiger partial charge in [-0.25, -0.2) is 19.9 Å². The molecule has 2 N–H and O–H groups in total. The maximum Gasteiger partial charge on any atom is 0.333 e. The van der Waals surface area contributed by atoms with Crippen molar-refractivity contribution in [2.45, 2.75) is 39.0 Å². The highest BCUT2D eigenvalue weighted by molar-refractivity contribution is 5.84. The van der Waals surface area contributed by atoms with Crippen molar-refractivity contribution in [3.63, 3.8) is 0 Å². The van der Waals surface area contributed by atoms with Crippen LogP contribution in [0.1, 0.15) is 39.0 Å². The highest BCUT2D eigenvalue weighted by Crippen LogP contribution is 2.30. The number of aromatic nitrogens is 2. The first-order valence-corrected chi connectivity index (χ1v) is 8.19. The minimum Gasteiger partial charge on any atom is -0.337 e. The minimum absolute atomic E-state index is 0.174. The molecule has 0 spiro atoms. The van der Waals surface area contributed by atoms with E-state index in [1.165, 1.54) is 25.7 Å². The van der Waals surface area contributed by atoms with Crippen molar-refractivity contribution in [3.8, 4) is 0 Å². The fraction of sp³-hybridized carbons (Fsp3) is 0.529. The van der Waals surface area contributed by atoms with E-state index in [1.54, 1.807) is 11.0 Å². The number of imidazole rings is 1. The molecule has 1 fully saturated rings. The van der Waals surface area contributed by atoms with E-state index in [4.69, 9.17) is 0 Å². The van der Waals surface area contributed by atoms with E-state index in [1.807, 2.05) is 24.3 Å². The molecule has 5 heteroatoms. The molecule has 1 aromatic carbocycles. The van der Waals surface area contributed by atoms with Crippen LogP contribution in [0.5, 0.6) is 0 Å². The Labute approximate surface area is 131 Å². The van der Waals surface area contributed by atoms with Crippen LogP contribution in [0.4, 0.5) is 4.79 Å². The maximum absolute atomic E-state index is 12.0. The van der Waals surface area contributed by atoms with Gasteiger partial charge in [-0.2, -0.15) is 0 Å². The van der Waals surface area contributed by atoms with Gasteiger partial charge in [-0.1, -0.05) is 38.3 Å². The number of para-hydroxylation sites is 2. The summed E-state index contributed by atoms with van der Waals surface area (Å²) < 4.78 is 1.66. The highest BCUT2D eigenvalue weighted by atomic mass is 16.2. The molecule has 0 bridgehead atoms. The Hall–Kier alpha value is -2.04. The van der Waals surface area contributed by atoms with Gasteiger partial charge in [0.05, 0.1) is 11.0 Å². The van der Waals surface area contributed by atoms with E-state index < -0.39 is 0 Å².